The second-order valence-electron chi connectivity index (χ2n) is 6.16. The van der Waals surface area contributed by atoms with E-state index in [0.29, 0.717) is 11.8 Å². The lowest BCUT2D eigenvalue weighted by atomic mass is 9.93. The van der Waals surface area contributed by atoms with Crippen molar-refractivity contribution in [3.8, 4) is 17.2 Å². The fourth-order valence-corrected chi connectivity index (χ4v) is 3.79. The molecule has 5 nitrogen and oxygen atoms in total. The SMILES string of the molecule is CCC[NH+](CCC)[C@H]1C[NH2+]Cc2cc(OC)c(OC)c(OC)c21. The molecule has 5 heteroatoms. The third kappa shape index (κ3) is 3.56. The van der Waals surface area contributed by atoms with Gasteiger partial charge in [0.15, 0.2) is 17.5 Å². The molecule has 0 bridgehead atoms. The zero-order valence-corrected chi connectivity index (χ0v) is 15.2. The Morgan fingerprint density at radius 3 is 2.22 bits per heavy atom. The largest absolute Gasteiger partial charge is 0.493 e. The van der Waals surface area contributed by atoms with Crippen LogP contribution in [-0.4, -0.2) is 41.0 Å². The molecule has 2 rings (SSSR count). The molecule has 0 aliphatic carbocycles. The van der Waals surface area contributed by atoms with Gasteiger partial charge in [-0.05, 0) is 18.9 Å². The zero-order chi connectivity index (χ0) is 16.8. The summed E-state index contributed by atoms with van der Waals surface area (Å²) in [4.78, 5) is 1.64. The average molecular weight is 324 g/mol. The fourth-order valence-electron chi connectivity index (χ4n) is 3.79. The van der Waals surface area contributed by atoms with Crippen molar-refractivity contribution in [3.63, 3.8) is 0 Å². The van der Waals surface area contributed by atoms with E-state index in [1.54, 1.807) is 26.2 Å². The van der Waals surface area contributed by atoms with E-state index in [0.717, 1.165) is 24.6 Å². The number of methoxy groups -OCH3 is 3. The Labute approximate surface area is 139 Å². The molecule has 1 heterocycles. The fraction of sp³-hybridized carbons (Fsp3) is 0.667. The number of hydrogen-bond acceptors (Lipinski definition) is 3. The Kier molecular flexibility index (Phi) is 6.54. The van der Waals surface area contributed by atoms with Crippen LogP contribution in [0.3, 0.4) is 0 Å². The molecule has 1 aromatic rings. The lowest BCUT2D eigenvalue weighted by molar-refractivity contribution is -0.948. The molecule has 0 unspecified atom stereocenters. The normalized spacial score (nSPS) is 17.0. The van der Waals surface area contributed by atoms with Gasteiger partial charge in [0.2, 0.25) is 5.75 Å². The molecule has 1 aliphatic rings. The van der Waals surface area contributed by atoms with Crippen molar-refractivity contribution in [2.45, 2.75) is 39.3 Å². The summed E-state index contributed by atoms with van der Waals surface area (Å²) in [5.41, 5.74) is 2.62. The van der Waals surface area contributed by atoms with Crippen LogP contribution >= 0.6 is 0 Å². The maximum atomic E-state index is 5.78. The van der Waals surface area contributed by atoms with Crippen LogP contribution in [0.4, 0.5) is 0 Å². The summed E-state index contributed by atoms with van der Waals surface area (Å²) < 4.78 is 16.9. The highest BCUT2D eigenvalue weighted by atomic mass is 16.5. The van der Waals surface area contributed by atoms with E-state index in [1.165, 1.54) is 37.1 Å². The van der Waals surface area contributed by atoms with Gasteiger partial charge in [-0.3, -0.25) is 0 Å². The molecule has 0 spiro atoms. The van der Waals surface area contributed by atoms with Crippen LogP contribution in [0, 0.1) is 0 Å². The Bertz CT molecular complexity index is 513. The number of nitrogens with one attached hydrogen (secondary N) is 1. The summed E-state index contributed by atoms with van der Waals surface area (Å²) in [6, 6.07) is 2.56. The summed E-state index contributed by atoms with van der Waals surface area (Å²) in [6.07, 6.45) is 2.38. The molecule has 1 aromatic carbocycles. The summed E-state index contributed by atoms with van der Waals surface area (Å²) >= 11 is 0. The molecule has 0 radical (unpaired) electrons. The minimum atomic E-state index is 0.438. The first-order valence-electron chi connectivity index (χ1n) is 8.69. The van der Waals surface area contributed by atoms with Crippen molar-refractivity contribution in [1.82, 2.24) is 0 Å². The summed E-state index contributed by atoms with van der Waals surface area (Å²) in [6.45, 7) is 8.94. The molecule has 0 fully saturated rings. The summed E-state index contributed by atoms with van der Waals surface area (Å²) in [5, 5.41) is 2.39. The molecule has 1 atom stereocenters. The van der Waals surface area contributed by atoms with E-state index in [4.69, 9.17) is 14.2 Å². The molecule has 0 saturated heterocycles. The van der Waals surface area contributed by atoms with Crippen LogP contribution in [-0.2, 0) is 6.54 Å². The van der Waals surface area contributed by atoms with Gasteiger partial charge in [-0.15, -0.1) is 0 Å². The molecule has 0 saturated carbocycles. The Morgan fingerprint density at radius 1 is 1.04 bits per heavy atom. The Morgan fingerprint density at radius 2 is 1.70 bits per heavy atom. The first-order valence-corrected chi connectivity index (χ1v) is 8.69. The predicted octanol–water partition coefficient (Wildman–Crippen LogP) is 0.535. The van der Waals surface area contributed by atoms with Gasteiger partial charge in [-0.25, -0.2) is 0 Å². The first kappa shape index (κ1) is 17.9. The average Bonchev–Trinajstić information content (AvgIpc) is 2.59. The molecule has 0 amide bonds. The van der Waals surface area contributed by atoms with E-state index >= 15 is 0 Å². The molecule has 130 valence electrons. The van der Waals surface area contributed by atoms with Gasteiger partial charge in [0, 0.05) is 5.56 Å². The highest BCUT2D eigenvalue weighted by Crippen LogP contribution is 2.44. The lowest BCUT2D eigenvalue weighted by Crippen LogP contribution is -3.15. The van der Waals surface area contributed by atoms with E-state index in [2.05, 4.69) is 25.2 Å². The van der Waals surface area contributed by atoms with Crippen molar-refractivity contribution in [2.24, 2.45) is 0 Å². The van der Waals surface area contributed by atoms with E-state index in [9.17, 15) is 0 Å². The molecule has 3 N–H and O–H groups in total. The van der Waals surface area contributed by atoms with Crippen LogP contribution in [0.2, 0.25) is 0 Å². The van der Waals surface area contributed by atoms with Gasteiger partial charge in [-0.2, -0.15) is 0 Å². The van der Waals surface area contributed by atoms with Gasteiger partial charge >= 0.3 is 0 Å². The monoisotopic (exact) mass is 324 g/mol. The van der Waals surface area contributed by atoms with Gasteiger partial charge in [0.25, 0.3) is 0 Å². The third-order valence-corrected chi connectivity index (χ3v) is 4.70. The molecule has 1 aliphatic heterocycles. The Balaban J connectivity index is 2.54. The van der Waals surface area contributed by atoms with Crippen LogP contribution in [0.1, 0.15) is 43.9 Å². The second kappa shape index (κ2) is 8.41. The maximum absolute atomic E-state index is 5.78. The number of ether oxygens (including phenoxy) is 3. The number of rotatable bonds is 8. The quantitative estimate of drug-likeness (QED) is 0.734. The lowest BCUT2D eigenvalue weighted by Gasteiger charge is -2.33. The number of quaternary nitrogens is 2. The van der Waals surface area contributed by atoms with Gasteiger partial charge in [0.05, 0.1) is 40.0 Å². The topological polar surface area (TPSA) is 48.7 Å². The highest BCUT2D eigenvalue weighted by Gasteiger charge is 2.36. The third-order valence-electron chi connectivity index (χ3n) is 4.70. The highest BCUT2D eigenvalue weighted by molar-refractivity contribution is 5.60. The zero-order valence-electron chi connectivity index (χ0n) is 15.2. The van der Waals surface area contributed by atoms with E-state index in [-0.39, 0.29) is 0 Å². The van der Waals surface area contributed by atoms with Crippen molar-refractivity contribution in [1.29, 1.82) is 0 Å². The second-order valence-corrected chi connectivity index (χ2v) is 6.16. The van der Waals surface area contributed by atoms with Crippen LogP contribution in [0.25, 0.3) is 0 Å². The molecule has 23 heavy (non-hydrogen) atoms. The Hall–Kier alpha value is -1.46. The minimum absolute atomic E-state index is 0.438. The van der Waals surface area contributed by atoms with Crippen molar-refractivity contribution < 1.29 is 24.4 Å². The summed E-state index contributed by atoms with van der Waals surface area (Å²) in [5.74, 6) is 2.32. The molecule has 0 aromatic heterocycles. The molecular formula is C18H32N2O3+2. The van der Waals surface area contributed by atoms with Gasteiger partial charge in [-0.1, -0.05) is 13.8 Å². The van der Waals surface area contributed by atoms with Crippen LogP contribution in [0.5, 0.6) is 17.2 Å². The van der Waals surface area contributed by atoms with Gasteiger partial charge < -0.3 is 24.4 Å². The maximum Gasteiger partial charge on any atom is 0.203 e. The first-order chi connectivity index (χ1) is 11.2. The van der Waals surface area contributed by atoms with Gasteiger partial charge in [0.1, 0.15) is 13.1 Å². The smallest absolute Gasteiger partial charge is 0.203 e. The van der Waals surface area contributed by atoms with Crippen molar-refractivity contribution in [3.05, 3.63) is 17.2 Å². The van der Waals surface area contributed by atoms with Crippen molar-refractivity contribution in [2.75, 3.05) is 41.0 Å². The van der Waals surface area contributed by atoms with Crippen LogP contribution in [0.15, 0.2) is 6.07 Å². The van der Waals surface area contributed by atoms with E-state index in [1.807, 2.05) is 0 Å². The standard InChI is InChI=1S/C18H30N2O3/c1-6-8-20(9-7-2)14-12-19-11-13-10-15(21-3)17(22-4)18(23-5)16(13)14/h10,14,19H,6-9,11-12H2,1-5H3/p+2/t14-/m0/s1. The van der Waals surface area contributed by atoms with Crippen molar-refractivity contribution >= 4 is 0 Å². The molecular weight excluding hydrogens is 292 g/mol. The summed E-state index contributed by atoms with van der Waals surface area (Å²) in [7, 11) is 5.09. The van der Waals surface area contributed by atoms with E-state index < -0.39 is 0 Å². The number of nitrogens with two attached hydrogens (primary N) is 1. The van der Waals surface area contributed by atoms with Crippen LogP contribution < -0.4 is 24.4 Å². The number of benzene rings is 1. The minimum Gasteiger partial charge on any atom is -0.493 e. The number of hydrogen-bond donors (Lipinski definition) is 2. The number of fused-ring (bicyclic) bond motifs is 1. The predicted molar refractivity (Wildman–Crippen MR) is 90.6 cm³/mol.